The minimum atomic E-state index is -0.786. The first-order valence-corrected chi connectivity index (χ1v) is 10.1. The van der Waals surface area contributed by atoms with Crippen molar-refractivity contribution in [2.75, 3.05) is 6.54 Å². The van der Waals surface area contributed by atoms with Gasteiger partial charge < -0.3 is 20.5 Å². The maximum atomic E-state index is 12.3. The van der Waals surface area contributed by atoms with E-state index in [1.54, 1.807) is 0 Å². The maximum Gasteiger partial charge on any atom is 0.407 e. The highest BCUT2D eigenvalue weighted by Gasteiger charge is 2.27. The van der Waals surface area contributed by atoms with Crippen LogP contribution in [-0.4, -0.2) is 35.5 Å². The Balaban J connectivity index is 2.06. The Labute approximate surface area is 174 Å². The van der Waals surface area contributed by atoms with E-state index in [-0.39, 0.29) is 5.54 Å². The fourth-order valence-corrected chi connectivity index (χ4v) is 3.07. The van der Waals surface area contributed by atoms with Crippen LogP contribution in [0, 0.1) is 0 Å². The molecule has 5 heteroatoms. The van der Waals surface area contributed by atoms with E-state index in [0.717, 1.165) is 11.1 Å². The highest BCUT2D eigenvalue weighted by atomic mass is 16.6. The van der Waals surface area contributed by atoms with Gasteiger partial charge in [-0.3, -0.25) is 0 Å². The summed E-state index contributed by atoms with van der Waals surface area (Å²) in [6.45, 7) is 9.93. The average Bonchev–Trinajstić information content (AvgIpc) is 2.66. The Bertz CT molecular complexity index is 755. The fraction of sp³-hybridized carbons (Fsp3) is 0.458. The van der Waals surface area contributed by atoms with E-state index in [0.29, 0.717) is 13.0 Å². The van der Waals surface area contributed by atoms with Crippen molar-refractivity contribution in [2.45, 2.75) is 64.3 Å². The number of alkyl carbamates (subject to hydrolysis) is 1. The van der Waals surface area contributed by atoms with Gasteiger partial charge in [0, 0.05) is 12.1 Å². The second-order valence-corrected chi connectivity index (χ2v) is 8.88. The molecule has 0 aliphatic heterocycles. The topological polar surface area (TPSA) is 70.6 Å². The lowest BCUT2D eigenvalue weighted by atomic mass is 9.93. The van der Waals surface area contributed by atoms with Crippen molar-refractivity contribution in [3.8, 4) is 0 Å². The third-order valence-electron chi connectivity index (χ3n) is 4.71. The van der Waals surface area contributed by atoms with Gasteiger partial charge in [-0.2, -0.15) is 0 Å². The Hall–Kier alpha value is -2.37. The number of ether oxygens (including phenoxy) is 1. The van der Waals surface area contributed by atoms with Crippen LogP contribution < -0.4 is 10.6 Å². The molecule has 0 heterocycles. The number of rotatable bonds is 8. The SMILES string of the molecule is CC(C)(C)OC(=O)N[C@@H](Cc1ccccc1)[C@H](O)CNC(C)(C)c1ccccc1. The van der Waals surface area contributed by atoms with Crippen molar-refractivity contribution in [1.29, 1.82) is 0 Å². The van der Waals surface area contributed by atoms with Gasteiger partial charge in [-0.15, -0.1) is 0 Å². The van der Waals surface area contributed by atoms with Crippen molar-refractivity contribution < 1.29 is 14.6 Å². The van der Waals surface area contributed by atoms with Crippen LogP contribution in [0.2, 0.25) is 0 Å². The quantitative estimate of drug-likeness (QED) is 0.628. The number of hydrogen-bond donors (Lipinski definition) is 3. The zero-order valence-corrected chi connectivity index (χ0v) is 18.1. The molecule has 158 valence electrons. The van der Waals surface area contributed by atoms with Crippen LogP contribution >= 0.6 is 0 Å². The molecular weight excluding hydrogens is 364 g/mol. The number of carbonyl (C=O) groups excluding carboxylic acids is 1. The molecule has 0 fully saturated rings. The van der Waals surface area contributed by atoms with Gasteiger partial charge in [-0.05, 0) is 52.2 Å². The molecule has 2 atom stereocenters. The van der Waals surface area contributed by atoms with Gasteiger partial charge in [0.15, 0.2) is 0 Å². The van der Waals surface area contributed by atoms with Gasteiger partial charge in [0.2, 0.25) is 0 Å². The number of hydrogen-bond acceptors (Lipinski definition) is 4. The summed E-state index contributed by atoms with van der Waals surface area (Å²) in [7, 11) is 0. The van der Waals surface area contributed by atoms with E-state index >= 15 is 0 Å². The minimum Gasteiger partial charge on any atom is -0.444 e. The number of amides is 1. The first-order valence-electron chi connectivity index (χ1n) is 10.1. The van der Waals surface area contributed by atoms with E-state index in [2.05, 4.69) is 36.6 Å². The first-order chi connectivity index (χ1) is 13.6. The predicted molar refractivity (Wildman–Crippen MR) is 117 cm³/mol. The molecule has 0 radical (unpaired) electrons. The van der Waals surface area contributed by atoms with E-state index < -0.39 is 23.8 Å². The van der Waals surface area contributed by atoms with Crippen molar-refractivity contribution >= 4 is 6.09 Å². The molecule has 2 aromatic carbocycles. The summed E-state index contributed by atoms with van der Waals surface area (Å²) < 4.78 is 5.39. The lowest BCUT2D eigenvalue weighted by Crippen LogP contribution is -2.52. The van der Waals surface area contributed by atoms with Crippen molar-refractivity contribution in [2.24, 2.45) is 0 Å². The molecule has 0 saturated carbocycles. The van der Waals surface area contributed by atoms with Crippen LogP contribution in [0.3, 0.4) is 0 Å². The normalized spacial score (nSPS) is 14.1. The number of aliphatic hydroxyl groups excluding tert-OH is 1. The number of carbonyl (C=O) groups is 1. The Morgan fingerprint density at radius 2 is 1.52 bits per heavy atom. The van der Waals surface area contributed by atoms with E-state index in [1.165, 1.54) is 0 Å². The summed E-state index contributed by atoms with van der Waals surface area (Å²) >= 11 is 0. The predicted octanol–water partition coefficient (Wildman–Crippen LogP) is 4.01. The average molecular weight is 399 g/mol. The van der Waals surface area contributed by atoms with Crippen molar-refractivity contribution in [1.82, 2.24) is 10.6 Å². The van der Waals surface area contributed by atoms with Crippen LogP contribution in [0.1, 0.15) is 45.7 Å². The molecule has 0 saturated heterocycles. The number of benzene rings is 2. The summed E-state index contributed by atoms with van der Waals surface area (Å²) in [4.78, 5) is 12.3. The zero-order valence-electron chi connectivity index (χ0n) is 18.1. The van der Waals surface area contributed by atoms with E-state index in [9.17, 15) is 9.90 Å². The third-order valence-corrected chi connectivity index (χ3v) is 4.71. The molecule has 2 aromatic rings. The molecule has 29 heavy (non-hydrogen) atoms. The lowest BCUT2D eigenvalue weighted by Gasteiger charge is -2.31. The van der Waals surface area contributed by atoms with Crippen LogP contribution in [0.25, 0.3) is 0 Å². The van der Waals surface area contributed by atoms with Gasteiger partial charge in [-0.25, -0.2) is 4.79 Å². The smallest absolute Gasteiger partial charge is 0.407 e. The van der Waals surface area contributed by atoms with Gasteiger partial charge in [0.05, 0.1) is 12.1 Å². The standard InChI is InChI=1S/C24H34N2O3/c1-23(2,3)29-22(28)26-20(16-18-12-8-6-9-13-18)21(27)17-25-24(4,5)19-14-10-7-11-15-19/h6-15,20-21,25,27H,16-17H2,1-5H3,(H,26,28)/t20-,21+/m0/s1. The van der Waals surface area contributed by atoms with Gasteiger partial charge in [-0.1, -0.05) is 60.7 Å². The highest BCUT2D eigenvalue weighted by molar-refractivity contribution is 5.68. The molecule has 2 rings (SSSR count). The van der Waals surface area contributed by atoms with Gasteiger partial charge in [0.1, 0.15) is 5.60 Å². The van der Waals surface area contributed by atoms with E-state index in [4.69, 9.17) is 4.74 Å². The lowest BCUT2D eigenvalue weighted by molar-refractivity contribution is 0.0415. The molecule has 0 spiro atoms. The number of nitrogens with one attached hydrogen (secondary N) is 2. The second-order valence-electron chi connectivity index (χ2n) is 8.88. The second kappa shape index (κ2) is 9.90. The van der Waals surface area contributed by atoms with Gasteiger partial charge >= 0.3 is 6.09 Å². The zero-order chi connectivity index (χ0) is 21.5. The summed E-state index contributed by atoms with van der Waals surface area (Å²) in [5.41, 5.74) is 1.26. The third kappa shape index (κ3) is 7.87. The van der Waals surface area contributed by atoms with Crippen molar-refractivity contribution in [3.05, 3.63) is 71.8 Å². The minimum absolute atomic E-state index is 0.314. The van der Waals surface area contributed by atoms with Crippen LogP contribution in [0.5, 0.6) is 0 Å². The van der Waals surface area contributed by atoms with Crippen LogP contribution in [0.4, 0.5) is 4.79 Å². The van der Waals surface area contributed by atoms with Crippen LogP contribution in [-0.2, 0) is 16.7 Å². The number of aliphatic hydroxyl groups is 1. The van der Waals surface area contributed by atoms with Crippen LogP contribution in [0.15, 0.2) is 60.7 Å². The van der Waals surface area contributed by atoms with Crippen molar-refractivity contribution in [3.63, 3.8) is 0 Å². The molecule has 0 aromatic heterocycles. The Morgan fingerprint density at radius 3 is 2.07 bits per heavy atom. The summed E-state index contributed by atoms with van der Waals surface area (Å²) in [6.07, 6.45) is -0.806. The summed E-state index contributed by atoms with van der Waals surface area (Å²) in [5.74, 6) is 0. The molecule has 1 amide bonds. The molecule has 5 nitrogen and oxygen atoms in total. The fourth-order valence-electron chi connectivity index (χ4n) is 3.07. The molecule has 0 unspecified atom stereocenters. The molecular formula is C24H34N2O3. The Kier molecular flexibility index (Phi) is 7.82. The molecule has 0 aliphatic carbocycles. The summed E-state index contributed by atoms with van der Waals surface area (Å²) in [6, 6.07) is 19.4. The maximum absolute atomic E-state index is 12.3. The van der Waals surface area contributed by atoms with Gasteiger partial charge in [0.25, 0.3) is 0 Å². The molecule has 0 bridgehead atoms. The highest BCUT2D eigenvalue weighted by Crippen LogP contribution is 2.19. The largest absolute Gasteiger partial charge is 0.444 e. The molecule has 0 aliphatic rings. The monoisotopic (exact) mass is 398 g/mol. The first kappa shape index (κ1) is 22.9. The Morgan fingerprint density at radius 1 is 0.966 bits per heavy atom. The summed E-state index contributed by atoms with van der Waals surface area (Å²) in [5, 5.41) is 17.2. The molecule has 3 N–H and O–H groups in total. The van der Waals surface area contributed by atoms with E-state index in [1.807, 2.05) is 69.3 Å².